The first kappa shape index (κ1) is 13.9. The molecule has 0 saturated carbocycles. The average Bonchev–Trinajstić information content (AvgIpc) is 2.42. The molecule has 0 radical (unpaired) electrons. The van der Waals surface area contributed by atoms with E-state index >= 15 is 0 Å². The summed E-state index contributed by atoms with van der Waals surface area (Å²) in [5, 5.41) is 2.78. The lowest BCUT2D eigenvalue weighted by atomic mass is 10.1. The Balaban J connectivity index is 2.31. The van der Waals surface area contributed by atoms with Gasteiger partial charge in [-0.25, -0.2) is 0 Å². The highest BCUT2D eigenvalue weighted by Gasteiger charge is 2.12. The molecule has 0 saturated heterocycles. The molecular weight excluding hydrogens is 256 g/mol. The van der Waals surface area contributed by atoms with Crippen LogP contribution in [0.15, 0.2) is 35.3 Å². The van der Waals surface area contributed by atoms with Gasteiger partial charge in [-0.2, -0.15) is 0 Å². The zero-order chi connectivity index (χ0) is 14.7. The summed E-state index contributed by atoms with van der Waals surface area (Å²) in [6.07, 6.45) is 1.44. The highest BCUT2D eigenvalue weighted by Crippen LogP contribution is 2.29. The smallest absolute Gasteiger partial charge is 0.255 e. The molecule has 0 atom stereocenters. The first-order valence-electron chi connectivity index (χ1n) is 6.17. The lowest BCUT2D eigenvalue weighted by Crippen LogP contribution is -2.16. The molecule has 0 aliphatic rings. The number of aryl methyl sites for hydroxylation is 1. The maximum absolute atomic E-state index is 12.1. The van der Waals surface area contributed by atoms with E-state index in [-0.39, 0.29) is 11.5 Å². The fraction of sp³-hybridized carbons (Fsp3) is 0.200. The van der Waals surface area contributed by atoms with E-state index in [0.29, 0.717) is 11.3 Å². The number of ether oxygens (including phenoxy) is 1. The molecule has 0 fully saturated rings. The van der Waals surface area contributed by atoms with E-state index in [1.54, 1.807) is 13.2 Å². The van der Waals surface area contributed by atoms with E-state index in [0.717, 1.165) is 16.9 Å². The quantitative estimate of drug-likeness (QED) is 0.900. The number of nitrogens with one attached hydrogen (secondary N) is 2. The molecule has 104 valence electrons. The summed E-state index contributed by atoms with van der Waals surface area (Å²) in [6, 6.07) is 6.51. The van der Waals surface area contributed by atoms with E-state index in [9.17, 15) is 9.59 Å². The van der Waals surface area contributed by atoms with Crippen molar-refractivity contribution < 1.29 is 9.53 Å². The molecule has 1 amide bonds. The molecule has 5 heteroatoms. The highest BCUT2D eigenvalue weighted by molar-refractivity contribution is 6.04. The van der Waals surface area contributed by atoms with Gasteiger partial charge in [0.2, 0.25) is 5.56 Å². The fourth-order valence-corrected chi connectivity index (χ4v) is 2.06. The standard InChI is InChI=1S/C15H16N2O3/c1-9-4-5-12(10(2)14(9)20-3)17-15(19)11-6-7-16-13(18)8-11/h4-8H,1-3H3,(H,16,18)(H,17,19). The summed E-state index contributed by atoms with van der Waals surface area (Å²) >= 11 is 0. The molecule has 1 heterocycles. The summed E-state index contributed by atoms with van der Waals surface area (Å²) in [6.45, 7) is 3.81. The summed E-state index contributed by atoms with van der Waals surface area (Å²) < 4.78 is 5.32. The van der Waals surface area contributed by atoms with Gasteiger partial charge in [-0.15, -0.1) is 0 Å². The molecule has 20 heavy (non-hydrogen) atoms. The lowest BCUT2D eigenvalue weighted by Gasteiger charge is -2.14. The number of carbonyl (C=O) groups excluding carboxylic acids is 1. The van der Waals surface area contributed by atoms with E-state index < -0.39 is 0 Å². The number of aromatic nitrogens is 1. The van der Waals surface area contributed by atoms with Gasteiger partial charge in [-0.05, 0) is 31.5 Å². The summed E-state index contributed by atoms with van der Waals surface area (Å²) in [4.78, 5) is 25.8. The Hall–Kier alpha value is -2.56. The predicted molar refractivity (Wildman–Crippen MR) is 77.5 cm³/mol. The van der Waals surface area contributed by atoms with Crippen LogP contribution in [-0.2, 0) is 0 Å². The molecule has 0 spiro atoms. The van der Waals surface area contributed by atoms with Crippen LogP contribution in [0, 0.1) is 13.8 Å². The number of benzene rings is 1. The Bertz CT molecular complexity index is 705. The number of H-pyrrole nitrogens is 1. The van der Waals surface area contributed by atoms with Crippen LogP contribution in [0.25, 0.3) is 0 Å². The second-order valence-corrected chi connectivity index (χ2v) is 4.48. The maximum atomic E-state index is 12.1. The van der Waals surface area contributed by atoms with Crippen molar-refractivity contribution in [2.75, 3.05) is 12.4 Å². The molecule has 2 N–H and O–H groups in total. The van der Waals surface area contributed by atoms with Gasteiger partial charge in [0.05, 0.1) is 7.11 Å². The zero-order valence-corrected chi connectivity index (χ0v) is 11.6. The molecule has 0 unspecified atom stereocenters. The van der Waals surface area contributed by atoms with Gasteiger partial charge in [-0.1, -0.05) is 6.07 Å². The molecule has 0 aliphatic heterocycles. The number of rotatable bonds is 3. The number of carbonyl (C=O) groups is 1. The minimum atomic E-state index is -0.329. The lowest BCUT2D eigenvalue weighted by molar-refractivity contribution is 0.102. The topological polar surface area (TPSA) is 71.2 Å². The van der Waals surface area contributed by atoms with Crippen molar-refractivity contribution in [3.63, 3.8) is 0 Å². The van der Waals surface area contributed by atoms with Crippen molar-refractivity contribution in [2.45, 2.75) is 13.8 Å². The molecule has 0 aliphatic carbocycles. The highest BCUT2D eigenvalue weighted by atomic mass is 16.5. The van der Waals surface area contributed by atoms with Crippen molar-refractivity contribution in [2.24, 2.45) is 0 Å². The number of pyridine rings is 1. The minimum Gasteiger partial charge on any atom is -0.496 e. The molecule has 5 nitrogen and oxygen atoms in total. The third-order valence-corrected chi connectivity index (χ3v) is 3.09. The van der Waals surface area contributed by atoms with Crippen molar-refractivity contribution in [3.8, 4) is 5.75 Å². The van der Waals surface area contributed by atoms with Crippen LogP contribution in [-0.4, -0.2) is 18.0 Å². The van der Waals surface area contributed by atoms with Crippen LogP contribution >= 0.6 is 0 Å². The third kappa shape index (κ3) is 2.71. The first-order chi connectivity index (χ1) is 9.52. The van der Waals surface area contributed by atoms with Gasteiger partial charge < -0.3 is 15.0 Å². The molecule has 2 rings (SSSR count). The van der Waals surface area contributed by atoms with Crippen LogP contribution in [0.5, 0.6) is 5.75 Å². The maximum Gasteiger partial charge on any atom is 0.255 e. The van der Waals surface area contributed by atoms with E-state index in [4.69, 9.17) is 4.74 Å². The van der Waals surface area contributed by atoms with Gasteiger partial charge in [0, 0.05) is 29.1 Å². The van der Waals surface area contributed by atoms with Gasteiger partial charge >= 0.3 is 0 Å². The molecule has 2 aromatic rings. The number of anilines is 1. The second kappa shape index (κ2) is 5.61. The Morgan fingerprint density at radius 1 is 1.25 bits per heavy atom. The van der Waals surface area contributed by atoms with Gasteiger partial charge in [0.1, 0.15) is 5.75 Å². The van der Waals surface area contributed by atoms with Crippen molar-refractivity contribution in [3.05, 3.63) is 57.5 Å². The van der Waals surface area contributed by atoms with Crippen LogP contribution < -0.4 is 15.6 Å². The first-order valence-corrected chi connectivity index (χ1v) is 6.17. The summed E-state index contributed by atoms with van der Waals surface area (Å²) in [5.74, 6) is 0.416. The van der Waals surface area contributed by atoms with Crippen LogP contribution in [0.3, 0.4) is 0 Å². The van der Waals surface area contributed by atoms with E-state index in [1.807, 2.05) is 26.0 Å². The Kier molecular flexibility index (Phi) is 3.89. The molecular formula is C15H16N2O3. The Morgan fingerprint density at radius 2 is 2.00 bits per heavy atom. The van der Waals surface area contributed by atoms with Gasteiger partial charge in [0.25, 0.3) is 5.91 Å². The predicted octanol–water partition coefficient (Wildman–Crippen LogP) is 2.25. The van der Waals surface area contributed by atoms with E-state index in [2.05, 4.69) is 10.3 Å². The van der Waals surface area contributed by atoms with Gasteiger partial charge in [-0.3, -0.25) is 9.59 Å². The van der Waals surface area contributed by atoms with Crippen LogP contribution in [0.1, 0.15) is 21.5 Å². The normalized spacial score (nSPS) is 10.2. The number of hydrogen-bond donors (Lipinski definition) is 2. The molecule has 1 aromatic heterocycles. The second-order valence-electron chi connectivity index (χ2n) is 4.48. The molecule has 1 aromatic carbocycles. The minimum absolute atomic E-state index is 0.309. The van der Waals surface area contributed by atoms with Crippen LogP contribution in [0.2, 0.25) is 0 Å². The Labute approximate surface area is 116 Å². The largest absolute Gasteiger partial charge is 0.496 e. The summed E-state index contributed by atoms with van der Waals surface area (Å²) in [5.41, 5.74) is 2.52. The van der Waals surface area contributed by atoms with Crippen LogP contribution in [0.4, 0.5) is 5.69 Å². The Morgan fingerprint density at radius 3 is 2.65 bits per heavy atom. The number of hydrogen-bond acceptors (Lipinski definition) is 3. The average molecular weight is 272 g/mol. The van der Waals surface area contributed by atoms with Crippen molar-refractivity contribution in [1.29, 1.82) is 0 Å². The molecule has 0 bridgehead atoms. The van der Waals surface area contributed by atoms with E-state index in [1.165, 1.54) is 12.3 Å². The fourth-order valence-electron chi connectivity index (χ4n) is 2.06. The number of amides is 1. The number of aromatic amines is 1. The van der Waals surface area contributed by atoms with Gasteiger partial charge in [0.15, 0.2) is 0 Å². The van der Waals surface area contributed by atoms with Crippen molar-refractivity contribution >= 4 is 11.6 Å². The summed E-state index contributed by atoms with van der Waals surface area (Å²) in [7, 11) is 1.59. The zero-order valence-electron chi connectivity index (χ0n) is 11.6. The monoisotopic (exact) mass is 272 g/mol. The SMILES string of the molecule is COc1c(C)ccc(NC(=O)c2cc[nH]c(=O)c2)c1C. The van der Waals surface area contributed by atoms with Crippen molar-refractivity contribution in [1.82, 2.24) is 4.98 Å². The number of methoxy groups -OCH3 is 1. The third-order valence-electron chi connectivity index (χ3n) is 3.09.